The van der Waals surface area contributed by atoms with Crippen LogP contribution in [-0.4, -0.2) is 43.8 Å². The van der Waals surface area contributed by atoms with E-state index in [0.29, 0.717) is 31.2 Å². The molecule has 20 heavy (non-hydrogen) atoms. The number of hydrogen-bond donors (Lipinski definition) is 2. The van der Waals surface area contributed by atoms with E-state index in [2.05, 4.69) is 15.6 Å². The molecule has 0 aliphatic rings. The van der Waals surface area contributed by atoms with Gasteiger partial charge in [0.15, 0.2) is 0 Å². The normalized spacial score (nSPS) is 11.9. The molecule has 1 rings (SSSR count). The SMILES string of the molecule is CCNC(C)CC(=O)Nc1ccc(OCCOC)nc1. The van der Waals surface area contributed by atoms with Gasteiger partial charge in [0.25, 0.3) is 0 Å². The molecule has 0 radical (unpaired) electrons. The fraction of sp³-hybridized carbons (Fsp3) is 0.571. The fourth-order valence-corrected chi connectivity index (χ4v) is 1.68. The molecule has 1 atom stereocenters. The first-order chi connectivity index (χ1) is 9.65. The van der Waals surface area contributed by atoms with Gasteiger partial charge in [-0.3, -0.25) is 4.79 Å². The predicted octanol–water partition coefficient (Wildman–Crippen LogP) is 1.43. The molecule has 1 heterocycles. The van der Waals surface area contributed by atoms with Crippen molar-refractivity contribution < 1.29 is 14.3 Å². The summed E-state index contributed by atoms with van der Waals surface area (Å²) in [6, 6.07) is 3.65. The highest BCUT2D eigenvalue weighted by Gasteiger charge is 2.08. The van der Waals surface area contributed by atoms with Crippen LogP contribution in [0.4, 0.5) is 5.69 Å². The number of anilines is 1. The van der Waals surface area contributed by atoms with Crippen LogP contribution in [0.25, 0.3) is 0 Å². The predicted molar refractivity (Wildman–Crippen MR) is 78.0 cm³/mol. The smallest absolute Gasteiger partial charge is 0.225 e. The first-order valence-corrected chi connectivity index (χ1v) is 6.76. The molecule has 0 saturated heterocycles. The van der Waals surface area contributed by atoms with E-state index in [-0.39, 0.29) is 11.9 Å². The minimum atomic E-state index is -0.0340. The van der Waals surface area contributed by atoms with Crippen molar-refractivity contribution in [3.63, 3.8) is 0 Å². The van der Waals surface area contributed by atoms with E-state index in [1.807, 2.05) is 13.8 Å². The molecule has 6 heteroatoms. The zero-order valence-corrected chi connectivity index (χ0v) is 12.3. The van der Waals surface area contributed by atoms with Crippen LogP contribution in [-0.2, 0) is 9.53 Å². The Labute approximate surface area is 119 Å². The summed E-state index contributed by atoms with van der Waals surface area (Å²) in [5.41, 5.74) is 0.665. The van der Waals surface area contributed by atoms with Gasteiger partial charge in [0.05, 0.1) is 18.5 Å². The van der Waals surface area contributed by atoms with E-state index in [4.69, 9.17) is 9.47 Å². The van der Waals surface area contributed by atoms with Gasteiger partial charge in [-0.05, 0) is 19.5 Å². The fourth-order valence-electron chi connectivity index (χ4n) is 1.68. The Hall–Kier alpha value is -1.66. The van der Waals surface area contributed by atoms with Crippen molar-refractivity contribution in [2.24, 2.45) is 0 Å². The van der Waals surface area contributed by atoms with Crippen LogP contribution in [0.5, 0.6) is 5.88 Å². The Balaban J connectivity index is 2.38. The van der Waals surface area contributed by atoms with Gasteiger partial charge in [0.2, 0.25) is 11.8 Å². The zero-order valence-electron chi connectivity index (χ0n) is 12.3. The van der Waals surface area contributed by atoms with Crippen LogP contribution < -0.4 is 15.4 Å². The number of carbonyl (C=O) groups excluding carboxylic acids is 1. The van der Waals surface area contributed by atoms with E-state index in [1.54, 1.807) is 25.4 Å². The Morgan fingerprint density at radius 1 is 1.40 bits per heavy atom. The maximum atomic E-state index is 11.8. The lowest BCUT2D eigenvalue weighted by Gasteiger charge is -2.12. The monoisotopic (exact) mass is 281 g/mol. The minimum absolute atomic E-state index is 0.0340. The molecule has 6 nitrogen and oxygen atoms in total. The highest BCUT2D eigenvalue weighted by Crippen LogP contribution is 2.12. The van der Waals surface area contributed by atoms with Crippen molar-refractivity contribution >= 4 is 11.6 Å². The number of ether oxygens (including phenoxy) is 2. The Bertz CT molecular complexity index is 395. The molecule has 0 aliphatic heterocycles. The third-order valence-electron chi connectivity index (χ3n) is 2.60. The molecule has 1 unspecified atom stereocenters. The van der Waals surface area contributed by atoms with Crippen molar-refractivity contribution in [1.82, 2.24) is 10.3 Å². The minimum Gasteiger partial charge on any atom is -0.475 e. The summed E-state index contributed by atoms with van der Waals surface area (Å²) in [6.45, 7) is 5.82. The molecule has 1 aromatic heterocycles. The zero-order chi connectivity index (χ0) is 14.8. The number of methoxy groups -OCH3 is 1. The van der Waals surface area contributed by atoms with Crippen LogP contribution in [0.3, 0.4) is 0 Å². The summed E-state index contributed by atoms with van der Waals surface area (Å²) >= 11 is 0. The van der Waals surface area contributed by atoms with E-state index < -0.39 is 0 Å². The lowest BCUT2D eigenvalue weighted by atomic mass is 10.2. The molecule has 0 bridgehead atoms. The molecule has 1 amide bonds. The Morgan fingerprint density at radius 2 is 2.20 bits per heavy atom. The summed E-state index contributed by atoms with van der Waals surface area (Å²) in [6.07, 6.45) is 2.01. The van der Waals surface area contributed by atoms with Crippen molar-refractivity contribution in [3.05, 3.63) is 18.3 Å². The molecule has 0 fully saturated rings. The van der Waals surface area contributed by atoms with Crippen LogP contribution in [0, 0.1) is 0 Å². The van der Waals surface area contributed by atoms with Crippen molar-refractivity contribution in [3.8, 4) is 5.88 Å². The first kappa shape index (κ1) is 16.4. The van der Waals surface area contributed by atoms with Gasteiger partial charge >= 0.3 is 0 Å². The van der Waals surface area contributed by atoms with Crippen molar-refractivity contribution in [1.29, 1.82) is 0 Å². The van der Waals surface area contributed by atoms with E-state index in [9.17, 15) is 4.79 Å². The van der Waals surface area contributed by atoms with Crippen molar-refractivity contribution in [2.75, 3.05) is 32.2 Å². The topological polar surface area (TPSA) is 72.5 Å². The van der Waals surface area contributed by atoms with Crippen LogP contribution in [0.15, 0.2) is 18.3 Å². The molecule has 112 valence electrons. The van der Waals surface area contributed by atoms with Crippen LogP contribution >= 0.6 is 0 Å². The quantitative estimate of drug-likeness (QED) is 0.670. The molecule has 0 saturated carbocycles. The second kappa shape index (κ2) is 9.28. The van der Waals surface area contributed by atoms with Gasteiger partial charge in [-0.2, -0.15) is 0 Å². The van der Waals surface area contributed by atoms with Gasteiger partial charge in [0.1, 0.15) is 6.61 Å². The summed E-state index contributed by atoms with van der Waals surface area (Å²) < 4.78 is 10.2. The molecular formula is C14H23N3O3. The molecule has 0 spiro atoms. The van der Waals surface area contributed by atoms with E-state index in [1.165, 1.54) is 0 Å². The maximum absolute atomic E-state index is 11.8. The van der Waals surface area contributed by atoms with Gasteiger partial charge in [-0.25, -0.2) is 4.98 Å². The van der Waals surface area contributed by atoms with Crippen LogP contribution in [0.2, 0.25) is 0 Å². The molecular weight excluding hydrogens is 258 g/mol. The summed E-state index contributed by atoms with van der Waals surface area (Å²) in [4.78, 5) is 15.9. The van der Waals surface area contributed by atoms with E-state index in [0.717, 1.165) is 6.54 Å². The van der Waals surface area contributed by atoms with Crippen LogP contribution in [0.1, 0.15) is 20.3 Å². The third-order valence-corrected chi connectivity index (χ3v) is 2.60. The number of nitrogens with one attached hydrogen (secondary N) is 2. The largest absolute Gasteiger partial charge is 0.475 e. The third kappa shape index (κ3) is 6.49. The second-order valence-corrected chi connectivity index (χ2v) is 4.44. The molecule has 1 aromatic rings. The Morgan fingerprint density at radius 3 is 2.80 bits per heavy atom. The number of pyridine rings is 1. The van der Waals surface area contributed by atoms with Gasteiger partial charge < -0.3 is 20.1 Å². The van der Waals surface area contributed by atoms with Crippen molar-refractivity contribution in [2.45, 2.75) is 26.3 Å². The van der Waals surface area contributed by atoms with E-state index >= 15 is 0 Å². The first-order valence-electron chi connectivity index (χ1n) is 6.76. The Kier molecular flexibility index (Phi) is 7.60. The van der Waals surface area contributed by atoms with Gasteiger partial charge in [-0.1, -0.05) is 6.92 Å². The summed E-state index contributed by atoms with van der Waals surface area (Å²) in [5, 5.41) is 6.00. The number of carbonyl (C=O) groups is 1. The summed E-state index contributed by atoms with van der Waals surface area (Å²) in [7, 11) is 1.61. The number of hydrogen-bond acceptors (Lipinski definition) is 5. The lowest BCUT2D eigenvalue weighted by Crippen LogP contribution is -2.30. The lowest BCUT2D eigenvalue weighted by molar-refractivity contribution is -0.116. The standard InChI is InChI=1S/C14H23N3O3/c1-4-15-11(2)9-13(18)17-12-5-6-14(16-10-12)20-8-7-19-3/h5-6,10-11,15H,4,7-9H2,1-3H3,(H,17,18). The highest BCUT2D eigenvalue weighted by atomic mass is 16.5. The number of rotatable bonds is 9. The molecule has 0 aliphatic carbocycles. The van der Waals surface area contributed by atoms with Gasteiger partial charge in [-0.15, -0.1) is 0 Å². The highest BCUT2D eigenvalue weighted by molar-refractivity contribution is 5.90. The number of nitrogens with zero attached hydrogens (tertiary/aromatic N) is 1. The second-order valence-electron chi connectivity index (χ2n) is 4.44. The molecule has 2 N–H and O–H groups in total. The molecule has 0 aromatic carbocycles. The summed E-state index contributed by atoms with van der Waals surface area (Å²) in [5.74, 6) is 0.481. The average Bonchev–Trinajstić information content (AvgIpc) is 2.41. The maximum Gasteiger partial charge on any atom is 0.225 e. The number of aromatic nitrogens is 1. The number of amides is 1. The average molecular weight is 281 g/mol. The van der Waals surface area contributed by atoms with Gasteiger partial charge in [0, 0.05) is 25.6 Å².